The van der Waals surface area contributed by atoms with E-state index in [1.54, 1.807) is 0 Å². The summed E-state index contributed by atoms with van der Waals surface area (Å²) < 4.78 is 0. The average Bonchev–Trinajstić information content (AvgIpc) is 2.37. The maximum atomic E-state index is 12.1. The fourth-order valence-electron chi connectivity index (χ4n) is 1.94. The lowest BCUT2D eigenvalue weighted by Crippen LogP contribution is -2.47. The van der Waals surface area contributed by atoms with Crippen molar-refractivity contribution >= 4 is 18.5 Å². The lowest BCUT2D eigenvalue weighted by Gasteiger charge is -2.31. The highest BCUT2D eigenvalue weighted by atomic mass is 32.1. The van der Waals surface area contributed by atoms with E-state index in [0.717, 1.165) is 24.2 Å². The van der Waals surface area contributed by atoms with Crippen LogP contribution in [0.1, 0.15) is 50.4 Å². The van der Waals surface area contributed by atoms with Gasteiger partial charge in [0.2, 0.25) is 0 Å². The third-order valence-corrected chi connectivity index (χ3v) is 3.84. The van der Waals surface area contributed by atoms with E-state index in [0.29, 0.717) is 5.56 Å². The van der Waals surface area contributed by atoms with Gasteiger partial charge in [-0.3, -0.25) is 4.79 Å². The Kier molecular flexibility index (Phi) is 5.06. The van der Waals surface area contributed by atoms with Gasteiger partial charge in [-0.1, -0.05) is 20.8 Å². The second kappa shape index (κ2) is 6.10. The Bertz CT molecular complexity index is 360. The minimum absolute atomic E-state index is 0.00360. The topological polar surface area (TPSA) is 29.1 Å². The standard InChI is InChI=1S/C14H21NOS/c1-4-14(5-2,6-3)15-13(16)11-7-9-12(17)10-8-11/h7-10,17H,4-6H2,1-3H3,(H,15,16). The maximum absolute atomic E-state index is 12.1. The number of benzene rings is 1. The van der Waals surface area contributed by atoms with Gasteiger partial charge in [0.25, 0.3) is 5.91 Å². The van der Waals surface area contributed by atoms with Gasteiger partial charge in [-0.2, -0.15) is 0 Å². The van der Waals surface area contributed by atoms with Crippen molar-refractivity contribution in [2.45, 2.75) is 50.5 Å². The predicted molar refractivity (Wildman–Crippen MR) is 74.8 cm³/mol. The van der Waals surface area contributed by atoms with Crippen LogP contribution in [0.2, 0.25) is 0 Å². The predicted octanol–water partition coefficient (Wildman–Crippen LogP) is 3.67. The molecule has 1 aromatic carbocycles. The summed E-state index contributed by atoms with van der Waals surface area (Å²) in [6, 6.07) is 7.29. The van der Waals surface area contributed by atoms with Gasteiger partial charge in [-0.05, 0) is 43.5 Å². The molecule has 17 heavy (non-hydrogen) atoms. The molecule has 1 rings (SSSR count). The first kappa shape index (κ1) is 14.1. The highest BCUT2D eigenvalue weighted by molar-refractivity contribution is 7.80. The van der Waals surface area contributed by atoms with E-state index in [1.807, 2.05) is 24.3 Å². The number of rotatable bonds is 5. The molecule has 2 nitrogen and oxygen atoms in total. The fourth-order valence-corrected chi connectivity index (χ4v) is 2.09. The van der Waals surface area contributed by atoms with Gasteiger partial charge in [0.15, 0.2) is 0 Å². The van der Waals surface area contributed by atoms with Gasteiger partial charge in [-0.15, -0.1) is 12.6 Å². The summed E-state index contributed by atoms with van der Waals surface area (Å²) in [5, 5.41) is 3.15. The molecule has 0 saturated heterocycles. The van der Waals surface area contributed by atoms with Crippen LogP contribution in [0.25, 0.3) is 0 Å². The van der Waals surface area contributed by atoms with E-state index in [-0.39, 0.29) is 11.4 Å². The minimum Gasteiger partial charge on any atom is -0.347 e. The van der Waals surface area contributed by atoms with Gasteiger partial charge < -0.3 is 5.32 Å². The molecule has 3 heteroatoms. The number of carbonyl (C=O) groups excluding carboxylic acids is 1. The molecule has 0 unspecified atom stereocenters. The third-order valence-electron chi connectivity index (χ3n) is 3.54. The molecule has 1 aromatic rings. The Hall–Kier alpha value is -0.960. The van der Waals surface area contributed by atoms with E-state index in [2.05, 4.69) is 38.7 Å². The van der Waals surface area contributed by atoms with Crippen molar-refractivity contribution in [3.63, 3.8) is 0 Å². The van der Waals surface area contributed by atoms with Crippen molar-refractivity contribution < 1.29 is 4.79 Å². The van der Waals surface area contributed by atoms with Crippen molar-refractivity contribution in [3.8, 4) is 0 Å². The Morgan fingerprint density at radius 1 is 1.12 bits per heavy atom. The van der Waals surface area contributed by atoms with Crippen molar-refractivity contribution in [2.75, 3.05) is 0 Å². The summed E-state index contributed by atoms with van der Waals surface area (Å²) in [7, 11) is 0. The zero-order valence-electron chi connectivity index (χ0n) is 10.8. The maximum Gasteiger partial charge on any atom is 0.251 e. The van der Waals surface area contributed by atoms with Crippen molar-refractivity contribution in [3.05, 3.63) is 29.8 Å². The Balaban J connectivity index is 2.81. The van der Waals surface area contributed by atoms with Crippen LogP contribution < -0.4 is 5.32 Å². The molecule has 0 heterocycles. The van der Waals surface area contributed by atoms with Crippen LogP contribution in [0.5, 0.6) is 0 Å². The van der Waals surface area contributed by atoms with Gasteiger partial charge in [-0.25, -0.2) is 0 Å². The van der Waals surface area contributed by atoms with Crippen LogP contribution in [0.3, 0.4) is 0 Å². The number of amides is 1. The van der Waals surface area contributed by atoms with E-state index < -0.39 is 0 Å². The second-order valence-electron chi connectivity index (χ2n) is 4.34. The Labute approximate surface area is 109 Å². The summed E-state index contributed by atoms with van der Waals surface area (Å²) >= 11 is 4.21. The molecule has 1 amide bonds. The van der Waals surface area contributed by atoms with Gasteiger partial charge in [0, 0.05) is 16.0 Å². The number of hydrogen-bond donors (Lipinski definition) is 2. The van der Waals surface area contributed by atoms with Crippen molar-refractivity contribution in [1.29, 1.82) is 0 Å². The van der Waals surface area contributed by atoms with Crippen LogP contribution in [0.15, 0.2) is 29.2 Å². The molecule has 0 spiro atoms. The van der Waals surface area contributed by atoms with Crippen molar-refractivity contribution in [2.24, 2.45) is 0 Å². The molecule has 94 valence electrons. The van der Waals surface area contributed by atoms with E-state index in [9.17, 15) is 4.79 Å². The molecule has 0 fully saturated rings. The molecular formula is C14H21NOS. The highest BCUT2D eigenvalue weighted by Gasteiger charge is 2.26. The molecule has 0 aliphatic heterocycles. The molecule has 0 saturated carbocycles. The molecular weight excluding hydrogens is 230 g/mol. The normalized spacial score (nSPS) is 11.3. The summed E-state index contributed by atoms with van der Waals surface area (Å²) in [6.45, 7) is 6.35. The summed E-state index contributed by atoms with van der Waals surface area (Å²) in [5.74, 6) is 0.00360. The SMILES string of the molecule is CCC(CC)(CC)NC(=O)c1ccc(S)cc1. The number of hydrogen-bond acceptors (Lipinski definition) is 2. The Morgan fingerprint density at radius 3 is 2.00 bits per heavy atom. The van der Waals surface area contributed by atoms with Crippen LogP contribution >= 0.6 is 12.6 Å². The van der Waals surface area contributed by atoms with Crippen LogP contribution in [0, 0.1) is 0 Å². The molecule has 1 N–H and O–H groups in total. The lowest BCUT2D eigenvalue weighted by atomic mass is 9.89. The smallest absolute Gasteiger partial charge is 0.251 e. The molecule has 0 atom stereocenters. The van der Waals surface area contributed by atoms with E-state index in [4.69, 9.17) is 0 Å². The monoisotopic (exact) mass is 251 g/mol. The summed E-state index contributed by atoms with van der Waals surface area (Å²) in [6.07, 6.45) is 2.86. The molecule has 0 aliphatic rings. The summed E-state index contributed by atoms with van der Waals surface area (Å²) in [5.41, 5.74) is 0.624. The van der Waals surface area contributed by atoms with E-state index in [1.165, 1.54) is 0 Å². The summed E-state index contributed by atoms with van der Waals surface area (Å²) in [4.78, 5) is 13.0. The van der Waals surface area contributed by atoms with Crippen LogP contribution in [-0.4, -0.2) is 11.4 Å². The molecule has 0 bridgehead atoms. The fraction of sp³-hybridized carbons (Fsp3) is 0.500. The zero-order valence-corrected chi connectivity index (χ0v) is 11.7. The second-order valence-corrected chi connectivity index (χ2v) is 4.86. The van der Waals surface area contributed by atoms with Crippen LogP contribution in [-0.2, 0) is 0 Å². The van der Waals surface area contributed by atoms with Gasteiger partial charge >= 0.3 is 0 Å². The first-order valence-corrected chi connectivity index (χ1v) is 6.63. The third kappa shape index (κ3) is 3.50. The quantitative estimate of drug-likeness (QED) is 0.768. The minimum atomic E-state index is -0.0727. The largest absolute Gasteiger partial charge is 0.347 e. The number of thiol groups is 1. The average molecular weight is 251 g/mol. The van der Waals surface area contributed by atoms with E-state index >= 15 is 0 Å². The Morgan fingerprint density at radius 2 is 1.59 bits per heavy atom. The number of nitrogens with one attached hydrogen (secondary N) is 1. The number of carbonyl (C=O) groups is 1. The molecule has 0 radical (unpaired) electrons. The van der Waals surface area contributed by atoms with Crippen LogP contribution in [0.4, 0.5) is 0 Å². The molecule has 0 aliphatic carbocycles. The first-order valence-electron chi connectivity index (χ1n) is 6.18. The van der Waals surface area contributed by atoms with Gasteiger partial charge in [0.05, 0.1) is 0 Å². The zero-order chi connectivity index (χ0) is 12.9. The van der Waals surface area contributed by atoms with Gasteiger partial charge in [0.1, 0.15) is 0 Å². The highest BCUT2D eigenvalue weighted by Crippen LogP contribution is 2.20. The molecule has 0 aromatic heterocycles. The first-order chi connectivity index (χ1) is 8.06. The van der Waals surface area contributed by atoms with Crippen molar-refractivity contribution in [1.82, 2.24) is 5.32 Å². The lowest BCUT2D eigenvalue weighted by molar-refractivity contribution is 0.0888.